The van der Waals surface area contributed by atoms with Crippen molar-refractivity contribution in [3.05, 3.63) is 60.2 Å². The van der Waals surface area contributed by atoms with Crippen molar-refractivity contribution in [2.24, 2.45) is 0 Å². The van der Waals surface area contributed by atoms with Gasteiger partial charge in [0.05, 0.1) is 18.1 Å². The predicted octanol–water partition coefficient (Wildman–Crippen LogP) is 5.06. The van der Waals surface area contributed by atoms with Gasteiger partial charge in [-0.25, -0.2) is 9.50 Å². The minimum Gasteiger partial charge on any atom is -0.434 e. The second-order valence-corrected chi connectivity index (χ2v) is 16.2. The van der Waals surface area contributed by atoms with E-state index in [9.17, 15) is 13.6 Å². The first kappa shape index (κ1) is 26.8. The molecule has 1 saturated carbocycles. The van der Waals surface area contributed by atoms with Crippen molar-refractivity contribution in [3.63, 3.8) is 0 Å². The summed E-state index contributed by atoms with van der Waals surface area (Å²) in [7, 11) is -1.27. The van der Waals surface area contributed by atoms with Gasteiger partial charge in [-0.3, -0.25) is 4.79 Å². The van der Waals surface area contributed by atoms with E-state index < -0.39 is 20.6 Å². The maximum Gasteiger partial charge on any atom is 0.387 e. The number of anilines is 1. The van der Waals surface area contributed by atoms with E-state index in [1.807, 2.05) is 0 Å². The van der Waals surface area contributed by atoms with E-state index >= 15 is 0 Å². The first-order valence-electron chi connectivity index (χ1n) is 12.7. The molecule has 10 nitrogen and oxygen atoms in total. The summed E-state index contributed by atoms with van der Waals surface area (Å²) in [6.07, 6.45) is 8.15. The average Bonchev–Trinajstić information content (AvgIpc) is 3.52. The fourth-order valence-corrected chi connectivity index (χ4v) is 4.77. The van der Waals surface area contributed by atoms with Gasteiger partial charge in [-0.1, -0.05) is 25.7 Å². The molecule has 1 fully saturated rings. The molecule has 1 amide bonds. The van der Waals surface area contributed by atoms with Crippen LogP contribution in [0.3, 0.4) is 0 Å². The quantitative estimate of drug-likeness (QED) is 0.148. The molecular formula is C26H30F2N6O4Si. The summed E-state index contributed by atoms with van der Waals surface area (Å²) in [6.45, 7) is 4.20. The highest BCUT2D eigenvalue weighted by Crippen LogP contribution is 2.44. The van der Waals surface area contributed by atoms with Crippen molar-refractivity contribution in [2.45, 2.75) is 51.1 Å². The van der Waals surface area contributed by atoms with Crippen molar-refractivity contribution < 1.29 is 27.9 Å². The Morgan fingerprint density at radius 1 is 1.26 bits per heavy atom. The highest BCUT2D eigenvalue weighted by Gasteiger charge is 2.27. The zero-order valence-corrected chi connectivity index (χ0v) is 22.9. The molecule has 4 aromatic rings. The molecule has 0 unspecified atom stereocenters. The largest absolute Gasteiger partial charge is 0.434 e. The van der Waals surface area contributed by atoms with Crippen LogP contribution in [0.4, 0.5) is 14.5 Å². The lowest BCUT2D eigenvalue weighted by molar-refractivity contribution is -0.0672. The number of alkyl halides is 2. The van der Waals surface area contributed by atoms with E-state index in [2.05, 4.69) is 40.1 Å². The smallest absolute Gasteiger partial charge is 0.387 e. The van der Waals surface area contributed by atoms with Gasteiger partial charge in [-0.05, 0) is 48.6 Å². The number of rotatable bonds is 12. The Kier molecular flexibility index (Phi) is 7.62. The number of halogens is 2. The number of nitrogens with one attached hydrogen (secondary N) is 1. The first-order valence-corrected chi connectivity index (χ1v) is 16.4. The Morgan fingerprint density at radius 3 is 2.82 bits per heavy atom. The molecule has 39 heavy (non-hydrogen) atoms. The second kappa shape index (κ2) is 11.1. The number of aromatic nitrogens is 5. The highest BCUT2D eigenvalue weighted by atomic mass is 28.3. The van der Waals surface area contributed by atoms with Crippen LogP contribution in [-0.2, 0) is 4.74 Å². The summed E-state index contributed by atoms with van der Waals surface area (Å²) in [5.74, 6) is -0.199. The number of benzene rings is 1. The van der Waals surface area contributed by atoms with E-state index in [0.717, 1.165) is 29.3 Å². The van der Waals surface area contributed by atoms with Crippen molar-refractivity contribution in [1.29, 1.82) is 0 Å². The molecule has 0 saturated heterocycles. The van der Waals surface area contributed by atoms with Gasteiger partial charge in [0.2, 0.25) is 6.79 Å². The molecular weight excluding hydrogens is 526 g/mol. The fourth-order valence-electron chi connectivity index (χ4n) is 4.02. The lowest BCUT2D eigenvalue weighted by atomic mass is 10.0. The normalized spacial score (nSPS) is 13.7. The van der Waals surface area contributed by atoms with Gasteiger partial charge in [-0.15, -0.1) is 9.94 Å². The van der Waals surface area contributed by atoms with Gasteiger partial charge in [0.15, 0.2) is 5.65 Å². The number of fused-ring (bicyclic) bond motifs is 1. The van der Waals surface area contributed by atoms with Crippen LogP contribution in [-0.4, -0.2) is 58.5 Å². The Bertz CT molecular complexity index is 1460. The number of hydrogen-bond acceptors (Lipinski definition) is 7. The van der Waals surface area contributed by atoms with Crippen LogP contribution in [0.25, 0.3) is 16.9 Å². The Balaban J connectivity index is 1.46. The summed E-state index contributed by atoms with van der Waals surface area (Å²) >= 11 is 0. The molecule has 0 aliphatic heterocycles. The van der Waals surface area contributed by atoms with Gasteiger partial charge >= 0.3 is 6.61 Å². The third-order valence-electron chi connectivity index (χ3n) is 6.25. The highest BCUT2D eigenvalue weighted by molar-refractivity contribution is 6.76. The molecule has 0 radical (unpaired) electrons. The van der Waals surface area contributed by atoms with Crippen molar-refractivity contribution >= 4 is 25.3 Å². The second-order valence-electron chi connectivity index (χ2n) is 10.6. The van der Waals surface area contributed by atoms with Crippen LogP contribution < -0.4 is 14.9 Å². The molecule has 0 spiro atoms. The zero-order valence-electron chi connectivity index (χ0n) is 21.9. The molecule has 1 aromatic carbocycles. The minimum absolute atomic E-state index is 0.0563. The zero-order chi connectivity index (χ0) is 27.6. The van der Waals surface area contributed by atoms with E-state index in [1.54, 1.807) is 30.6 Å². The summed E-state index contributed by atoms with van der Waals surface area (Å²) in [5, 5.41) is 11.4. The number of hydrogen-bond donors (Lipinski definition) is 1. The SMILES string of the molecule is C[Si](C)(C)CCOCOn1cc(NC(=O)c2cnn3cccnc23)c(-c2cc(C3CC3)ccc2OC(F)F)n1. The molecule has 1 N–H and O–H groups in total. The molecule has 206 valence electrons. The molecule has 1 aliphatic rings. The molecule has 3 heterocycles. The number of nitrogens with zero attached hydrogens (tertiary/aromatic N) is 5. The number of carbonyl (C=O) groups is 1. The summed E-state index contributed by atoms with van der Waals surface area (Å²) in [6, 6.07) is 7.73. The molecule has 0 bridgehead atoms. The summed E-state index contributed by atoms with van der Waals surface area (Å²) < 4.78 is 38.5. The Hall–Kier alpha value is -3.84. The number of carbonyl (C=O) groups excluding carboxylic acids is 1. The van der Waals surface area contributed by atoms with E-state index in [-0.39, 0.29) is 29.5 Å². The van der Waals surface area contributed by atoms with Gasteiger partial charge in [0.25, 0.3) is 5.91 Å². The van der Waals surface area contributed by atoms with Crippen LogP contribution in [0, 0.1) is 0 Å². The molecule has 0 atom stereocenters. The topological polar surface area (TPSA) is 105 Å². The summed E-state index contributed by atoms with van der Waals surface area (Å²) in [5.41, 5.74) is 2.36. The average molecular weight is 557 g/mol. The van der Waals surface area contributed by atoms with Gasteiger partial charge in [0, 0.05) is 32.6 Å². The van der Waals surface area contributed by atoms with Crippen molar-refractivity contribution in [2.75, 3.05) is 18.7 Å². The maximum absolute atomic E-state index is 13.3. The lowest BCUT2D eigenvalue weighted by Gasteiger charge is -2.15. The van der Waals surface area contributed by atoms with Crippen LogP contribution in [0.1, 0.15) is 34.7 Å². The first-order chi connectivity index (χ1) is 18.7. The number of ether oxygens (including phenoxy) is 2. The van der Waals surface area contributed by atoms with Gasteiger partial charge < -0.3 is 19.6 Å². The predicted molar refractivity (Wildman–Crippen MR) is 143 cm³/mol. The van der Waals surface area contributed by atoms with Gasteiger partial charge in [-0.2, -0.15) is 13.9 Å². The third-order valence-corrected chi connectivity index (χ3v) is 7.96. The van der Waals surface area contributed by atoms with Crippen molar-refractivity contribution in [3.8, 4) is 17.0 Å². The molecule has 3 aromatic heterocycles. The van der Waals surface area contributed by atoms with Crippen molar-refractivity contribution in [1.82, 2.24) is 24.5 Å². The van der Waals surface area contributed by atoms with Crippen LogP contribution >= 0.6 is 0 Å². The number of amides is 1. The monoisotopic (exact) mass is 556 g/mol. The molecule has 5 rings (SSSR count). The lowest BCUT2D eigenvalue weighted by Crippen LogP contribution is -2.23. The van der Waals surface area contributed by atoms with Crippen LogP contribution in [0.15, 0.2) is 49.1 Å². The van der Waals surface area contributed by atoms with Crippen LogP contribution in [0.5, 0.6) is 5.75 Å². The van der Waals surface area contributed by atoms with E-state index in [0.29, 0.717) is 23.7 Å². The maximum atomic E-state index is 13.3. The summed E-state index contributed by atoms with van der Waals surface area (Å²) in [4.78, 5) is 24.3. The van der Waals surface area contributed by atoms with Gasteiger partial charge in [0.1, 0.15) is 17.0 Å². The molecule has 1 aliphatic carbocycles. The fraction of sp³-hybridized carbons (Fsp3) is 0.385. The minimum atomic E-state index is -3.03. The molecule has 13 heteroatoms. The standard InChI is InChI=1S/C26H30F2N6O4Si/c1-39(2,3)12-11-36-16-37-34-15-21(31-25(35)20-14-30-33-10-4-9-29-24(20)33)23(32-34)19-13-18(17-5-6-17)7-8-22(19)38-26(27)28/h4,7-10,13-15,17,26H,5-6,11-12,16H2,1-3H3,(H,31,35). The van der Waals surface area contributed by atoms with Crippen LogP contribution in [0.2, 0.25) is 25.7 Å². The third kappa shape index (κ3) is 6.60. The van der Waals surface area contributed by atoms with E-state index in [1.165, 1.54) is 23.0 Å². The Labute approximate surface area is 224 Å². The van der Waals surface area contributed by atoms with E-state index in [4.69, 9.17) is 14.3 Å². The Morgan fingerprint density at radius 2 is 2.08 bits per heavy atom.